The van der Waals surface area contributed by atoms with Crippen LogP contribution in [-0.2, 0) is 4.79 Å². The topological polar surface area (TPSA) is 59.2 Å². The van der Waals surface area contributed by atoms with Gasteiger partial charge in [0.05, 0.1) is 5.92 Å². The Morgan fingerprint density at radius 1 is 1.14 bits per heavy atom. The normalized spacial score (nSPS) is 17.9. The van der Waals surface area contributed by atoms with Crippen molar-refractivity contribution in [3.05, 3.63) is 71.1 Å². The van der Waals surface area contributed by atoms with Crippen LogP contribution in [0.5, 0.6) is 0 Å². The quantitative estimate of drug-likeness (QED) is 0.660. The average Bonchev–Trinajstić information content (AvgIpc) is 3.32. The van der Waals surface area contributed by atoms with Crippen LogP contribution in [0.3, 0.4) is 0 Å². The third-order valence-corrected chi connectivity index (χ3v) is 5.63. The summed E-state index contributed by atoms with van der Waals surface area (Å²) < 4.78 is 5.52. The molecule has 0 bridgehead atoms. The molecule has 2 heterocycles. The van der Waals surface area contributed by atoms with E-state index in [-0.39, 0.29) is 17.7 Å². The van der Waals surface area contributed by atoms with Crippen LogP contribution in [-0.4, -0.2) is 34.0 Å². The van der Waals surface area contributed by atoms with E-state index in [9.17, 15) is 4.79 Å². The Morgan fingerprint density at radius 3 is 2.68 bits per heavy atom. The molecule has 2 aromatic carbocycles. The SMILES string of the molecule is Cc1ccc(-c2noc(C3CC(=O)N(CC(C)c4ccccc4)C3)n2)cc1C. The summed E-state index contributed by atoms with van der Waals surface area (Å²) in [7, 11) is 0. The van der Waals surface area contributed by atoms with Crippen molar-refractivity contribution in [2.75, 3.05) is 13.1 Å². The lowest BCUT2D eigenvalue weighted by Crippen LogP contribution is -2.29. The standard InChI is InChI=1S/C23H25N3O2/c1-15-9-10-19(11-16(15)2)22-24-23(28-25-22)20-12-21(27)26(14-20)13-17(3)18-7-5-4-6-8-18/h4-11,17,20H,12-14H2,1-3H3. The molecular weight excluding hydrogens is 350 g/mol. The minimum atomic E-state index is -0.0386. The molecule has 0 radical (unpaired) electrons. The maximum absolute atomic E-state index is 12.5. The molecular formula is C23H25N3O2. The molecule has 1 amide bonds. The summed E-state index contributed by atoms with van der Waals surface area (Å²) in [5.41, 5.74) is 4.61. The van der Waals surface area contributed by atoms with Crippen LogP contribution in [0.2, 0.25) is 0 Å². The van der Waals surface area contributed by atoms with Crippen molar-refractivity contribution < 1.29 is 9.32 Å². The summed E-state index contributed by atoms with van der Waals surface area (Å²) in [5, 5.41) is 4.14. The zero-order valence-corrected chi connectivity index (χ0v) is 16.6. The number of likely N-dealkylation sites (tertiary alicyclic amines) is 1. The Kier molecular flexibility index (Phi) is 4.99. The lowest BCUT2D eigenvalue weighted by Gasteiger charge is -2.21. The van der Waals surface area contributed by atoms with E-state index in [4.69, 9.17) is 4.52 Å². The smallest absolute Gasteiger partial charge is 0.232 e. The molecule has 0 spiro atoms. The number of hydrogen-bond donors (Lipinski definition) is 0. The number of benzene rings is 2. The first-order chi connectivity index (χ1) is 13.5. The van der Waals surface area contributed by atoms with Crippen molar-refractivity contribution in [3.8, 4) is 11.4 Å². The van der Waals surface area contributed by atoms with Crippen LogP contribution < -0.4 is 0 Å². The van der Waals surface area contributed by atoms with Crippen molar-refractivity contribution in [1.29, 1.82) is 0 Å². The summed E-state index contributed by atoms with van der Waals surface area (Å²) in [6.45, 7) is 7.64. The predicted molar refractivity (Wildman–Crippen MR) is 108 cm³/mol. The number of rotatable bonds is 5. The number of aromatic nitrogens is 2. The second-order valence-corrected chi connectivity index (χ2v) is 7.77. The van der Waals surface area contributed by atoms with Gasteiger partial charge in [-0.1, -0.05) is 54.5 Å². The van der Waals surface area contributed by atoms with Crippen LogP contribution in [0.4, 0.5) is 0 Å². The van der Waals surface area contributed by atoms with Gasteiger partial charge in [-0.05, 0) is 42.5 Å². The maximum atomic E-state index is 12.5. The van der Waals surface area contributed by atoms with Crippen LogP contribution in [0.1, 0.15) is 47.8 Å². The molecule has 1 aromatic heterocycles. The van der Waals surface area contributed by atoms with E-state index in [2.05, 4.69) is 55.2 Å². The van der Waals surface area contributed by atoms with Crippen LogP contribution in [0.15, 0.2) is 53.1 Å². The van der Waals surface area contributed by atoms with Crippen molar-refractivity contribution in [2.45, 2.75) is 39.0 Å². The van der Waals surface area contributed by atoms with Crippen molar-refractivity contribution in [1.82, 2.24) is 15.0 Å². The van der Waals surface area contributed by atoms with Crippen LogP contribution in [0.25, 0.3) is 11.4 Å². The molecule has 2 atom stereocenters. The van der Waals surface area contributed by atoms with Crippen molar-refractivity contribution >= 4 is 5.91 Å². The van der Waals surface area contributed by atoms with Gasteiger partial charge in [-0.3, -0.25) is 4.79 Å². The fourth-order valence-electron chi connectivity index (χ4n) is 3.73. The molecule has 1 saturated heterocycles. The number of nitrogens with zero attached hydrogens (tertiary/aromatic N) is 3. The summed E-state index contributed by atoms with van der Waals surface area (Å²) in [6, 6.07) is 16.4. The third kappa shape index (κ3) is 3.70. The summed E-state index contributed by atoms with van der Waals surface area (Å²) in [4.78, 5) is 19.0. The predicted octanol–water partition coefficient (Wildman–Crippen LogP) is 4.47. The van der Waals surface area contributed by atoms with Crippen molar-refractivity contribution in [2.24, 2.45) is 0 Å². The Balaban J connectivity index is 1.45. The number of hydrogen-bond acceptors (Lipinski definition) is 4. The molecule has 144 valence electrons. The Morgan fingerprint density at radius 2 is 1.93 bits per heavy atom. The molecule has 28 heavy (non-hydrogen) atoms. The molecule has 3 aromatic rings. The Labute approximate surface area is 165 Å². The fraction of sp³-hybridized carbons (Fsp3) is 0.348. The van der Waals surface area contributed by atoms with E-state index in [1.165, 1.54) is 16.7 Å². The van der Waals surface area contributed by atoms with Gasteiger partial charge in [0.2, 0.25) is 17.6 Å². The van der Waals surface area contributed by atoms with Crippen molar-refractivity contribution in [3.63, 3.8) is 0 Å². The van der Waals surface area contributed by atoms with Gasteiger partial charge in [-0.2, -0.15) is 4.98 Å². The van der Waals surface area contributed by atoms with E-state index in [0.717, 1.165) is 5.56 Å². The van der Waals surface area contributed by atoms with Gasteiger partial charge >= 0.3 is 0 Å². The van der Waals surface area contributed by atoms with Gasteiger partial charge in [0, 0.05) is 25.1 Å². The molecule has 0 saturated carbocycles. The minimum Gasteiger partial charge on any atom is -0.341 e. The Bertz CT molecular complexity index is 981. The number of carbonyl (C=O) groups is 1. The third-order valence-electron chi connectivity index (χ3n) is 5.63. The molecule has 0 N–H and O–H groups in total. The van der Waals surface area contributed by atoms with E-state index in [1.54, 1.807) is 0 Å². The highest BCUT2D eigenvalue weighted by atomic mass is 16.5. The molecule has 5 heteroatoms. The van der Waals surface area contributed by atoms with E-state index in [0.29, 0.717) is 31.2 Å². The van der Waals surface area contributed by atoms with Gasteiger partial charge in [-0.25, -0.2) is 0 Å². The average molecular weight is 375 g/mol. The highest BCUT2D eigenvalue weighted by molar-refractivity contribution is 5.79. The number of aryl methyl sites for hydroxylation is 2. The first-order valence-corrected chi connectivity index (χ1v) is 9.75. The van der Waals surface area contributed by atoms with Crippen LogP contribution in [0, 0.1) is 13.8 Å². The molecule has 1 aliphatic heterocycles. The lowest BCUT2D eigenvalue weighted by atomic mass is 10.0. The van der Waals surface area contributed by atoms with Crippen LogP contribution >= 0.6 is 0 Å². The second kappa shape index (κ2) is 7.58. The summed E-state index contributed by atoms with van der Waals surface area (Å²) >= 11 is 0. The zero-order valence-electron chi connectivity index (χ0n) is 16.6. The fourth-order valence-corrected chi connectivity index (χ4v) is 3.73. The van der Waals surface area contributed by atoms with Gasteiger partial charge < -0.3 is 9.42 Å². The Hall–Kier alpha value is -2.95. The number of carbonyl (C=O) groups excluding carboxylic acids is 1. The molecule has 4 rings (SSSR count). The zero-order chi connectivity index (χ0) is 19.7. The summed E-state index contributed by atoms with van der Waals surface area (Å²) in [5.74, 6) is 1.54. The first kappa shape index (κ1) is 18.4. The van der Waals surface area contributed by atoms with E-state index < -0.39 is 0 Å². The second-order valence-electron chi connectivity index (χ2n) is 7.77. The van der Waals surface area contributed by atoms with E-state index >= 15 is 0 Å². The lowest BCUT2D eigenvalue weighted by molar-refractivity contribution is -0.127. The highest BCUT2D eigenvalue weighted by Crippen LogP contribution is 2.30. The maximum Gasteiger partial charge on any atom is 0.232 e. The van der Waals surface area contributed by atoms with Gasteiger partial charge in [0.15, 0.2) is 0 Å². The molecule has 5 nitrogen and oxygen atoms in total. The van der Waals surface area contributed by atoms with Gasteiger partial charge in [-0.15, -0.1) is 0 Å². The molecule has 1 fully saturated rings. The summed E-state index contributed by atoms with van der Waals surface area (Å²) in [6.07, 6.45) is 0.427. The highest BCUT2D eigenvalue weighted by Gasteiger charge is 2.35. The minimum absolute atomic E-state index is 0.0386. The van der Waals surface area contributed by atoms with Gasteiger partial charge in [0.25, 0.3) is 0 Å². The number of amides is 1. The first-order valence-electron chi connectivity index (χ1n) is 9.75. The monoisotopic (exact) mass is 375 g/mol. The molecule has 1 aliphatic rings. The molecule has 0 aliphatic carbocycles. The van der Waals surface area contributed by atoms with Gasteiger partial charge in [0.1, 0.15) is 0 Å². The largest absolute Gasteiger partial charge is 0.341 e. The van der Waals surface area contributed by atoms with E-state index in [1.807, 2.05) is 29.2 Å². The molecule has 2 unspecified atom stereocenters.